The molecule has 0 aromatic carbocycles. The first kappa shape index (κ1) is 17.3. The smallest absolute Gasteiger partial charge is 0.205 e. The summed E-state index contributed by atoms with van der Waals surface area (Å²) < 4.78 is 7.61. The molecule has 0 radical (unpaired) electrons. The lowest BCUT2D eigenvalue weighted by molar-refractivity contribution is -0.119. The van der Waals surface area contributed by atoms with Gasteiger partial charge in [-0.3, -0.25) is 9.48 Å². The topological polar surface area (TPSA) is 93.9 Å². The second-order valence-corrected chi connectivity index (χ2v) is 7.66. The first-order valence-corrected chi connectivity index (χ1v) is 8.66. The van der Waals surface area contributed by atoms with Gasteiger partial charge in [-0.25, -0.2) is 0 Å². The molecule has 1 aliphatic carbocycles. The summed E-state index contributed by atoms with van der Waals surface area (Å²) in [4.78, 5) is 12.9. The molecule has 0 spiro atoms. The first-order valence-electron chi connectivity index (χ1n) is 8.66. The van der Waals surface area contributed by atoms with Crippen molar-refractivity contribution in [2.24, 2.45) is 11.1 Å². The number of nitrogens with two attached hydrogens (primary N) is 1. The lowest BCUT2D eigenvalue weighted by Crippen LogP contribution is -2.34. The van der Waals surface area contributed by atoms with E-state index >= 15 is 0 Å². The number of Topliss-reactive ketones (excluding diaryl/α,β-unsaturated/α-hetero) is 1. The van der Waals surface area contributed by atoms with E-state index in [2.05, 4.69) is 25.0 Å². The van der Waals surface area contributed by atoms with Crippen molar-refractivity contribution in [1.82, 2.24) is 9.78 Å². The number of rotatable bonds is 3. The Morgan fingerprint density at radius 2 is 2.24 bits per heavy atom. The molecule has 3 rings (SSSR count). The van der Waals surface area contributed by atoms with Gasteiger partial charge in [0.05, 0.1) is 11.6 Å². The van der Waals surface area contributed by atoms with E-state index in [1.165, 1.54) is 0 Å². The van der Waals surface area contributed by atoms with Crippen LogP contribution in [0.2, 0.25) is 0 Å². The number of carbonyl (C=O) groups excluding carboxylic acids is 1. The van der Waals surface area contributed by atoms with Crippen molar-refractivity contribution in [3.8, 4) is 6.07 Å². The Balaban J connectivity index is 2.19. The number of ketones is 1. The third kappa shape index (κ3) is 2.84. The van der Waals surface area contributed by atoms with Crippen LogP contribution >= 0.6 is 0 Å². The summed E-state index contributed by atoms with van der Waals surface area (Å²) in [5.74, 6) is 0.204. The van der Waals surface area contributed by atoms with Crippen LogP contribution in [-0.4, -0.2) is 15.6 Å². The highest BCUT2D eigenvalue weighted by Crippen LogP contribution is 2.48. The Bertz CT molecular complexity index is 823. The summed E-state index contributed by atoms with van der Waals surface area (Å²) in [7, 11) is 0. The molecule has 2 atom stereocenters. The first-order chi connectivity index (χ1) is 11.8. The zero-order valence-corrected chi connectivity index (χ0v) is 15.2. The van der Waals surface area contributed by atoms with E-state index in [4.69, 9.17) is 10.5 Å². The van der Waals surface area contributed by atoms with Gasteiger partial charge < -0.3 is 10.5 Å². The van der Waals surface area contributed by atoms with Crippen LogP contribution < -0.4 is 5.73 Å². The van der Waals surface area contributed by atoms with Crippen LogP contribution in [0.1, 0.15) is 64.6 Å². The molecule has 0 saturated carbocycles. The summed E-state index contributed by atoms with van der Waals surface area (Å²) in [5.41, 5.74) is 7.54. The molecule has 0 fully saturated rings. The summed E-state index contributed by atoms with van der Waals surface area (Å²) in [6.45, 7) is 8.22. The molecule has 1 aliphatic heterocycles. The van der Waals surface area contributed by atoms with Gasteiger partial charge in [0.25, 0.3) is 0 Å². The fourth-order valence-electron chi connectivity index (χ4n) is 3.67. The monoisotopic (exact) mass is 340 g/mol. The minimum absolute atomic E-state index is 0.0217. The molecule has 2 heterocycles. The van der Waals surface area contributed by atoms with Gasteiger partial charge in [0.15, 0.2) is 5.78 Å². The fraction of sp³-hybridized carbons (Fsp3) is 0.526. The molecule has 0 amide bonds. The van der Waals surface area contributed by atoms with Crippen LogP contribution in [0.15, 0.2) is 35.1 Å². The average Bonchev–Trinajstić information content (AvgIpc) is 3.00. The van der Waals surface area contributed by atoms with Crippen molar-refractivity contribution in [3.05, 3.63) is 40.7 Å². The predicted octanol–water partition coefficient (Wildman–Crippen LogP) is 3.30. The molecule has 132 valence electrons. The van der Waals surface area contributed by atoms with Crippen LogP contribution in [0.3, 0.4) is 0 Å². The molecule has 0 saturated heterocycles. The highest BCUT2D eigenvalue weighted by Gasteiger charge is 2.44. The summed E-state index contributed by atoms with van der Waals surface area (Å²) >= 11 is 0. The largest absolute Gasteiger partial charge is 0.444 e. The van der Waals surface area contributed by atoms with Crippen molar-refractivity contribution in [3.63, 3.8) is 0 Å². The van der Waals surface area contributed by atoms with Crippen LogP contribution in [0.5, 0.6) is 0 Å². The van der Waals surface area contributed by atoms with Gasteiger partial charge >= 0.3 is 0 Å². The van der Waals surface area contributed by atoms with E-state index in [0.29, 0.717) is 24.2 Å². The zero-order chi connectivity index (χ0) is 18.4. The quantitative estimate of drug-likeness (QED) is 0.911. The van der Waals surface area contributed by atoms with Gasteiger partial charge in [0.2, 0.25) is 5.88 Å². The summed E-state index contributed by atoms with van der Waals surface area (Å²) in [6, 6.07) is 4.18. The second-order valence-electron chi connectivity index (χ2n) is 7.66. The summed E-state index contributed by atoms with van der Waals surface area (Å²) in [5, 5.41) is 14.1. The van der Waals surface area contributed by atoms with Gasteiger partial charge in [-0.15, -0.1) is 0 Å². The number of aromatic nitrogens is 2. The van der Waals surface area contributed by atoms with Gasteiger partial charge in [-0.2, -0.15) is 10.4 Å². The number of hydrogen-bond donors (Lipinski definition) is 1. The van der Waals surface area contributed by atoms with Gasteiger partial charge in [-0.05, 0) is 24.8 Å². The zero-order valence-electron chi connectivity index (χ0n) is 15.2. The SMILES string of the molecule is CC[C@@H](C)n1nccc1[C@@H]1C(C#N)=C(N)OC2=C1C(=O)CC(C)(C)C2. The van der Waals surface area contributed by atoms with Crippen molar-refractivity contribution in [1.29, 1.82) is 5.26 Å². The molecular formula is C19H24N4O2. The Kier molecular flexibility index (Phi) is 4.19. The Hall–Kier alpha value is -2.55. The van der Waals surface area contributed by atoms with E-state index in [1.54, 1.807) is 6.20 Å². The molecule has 1 aromatic heterocycles. The number of hydrogen-bond acceptors (Lipinski definition) is 5. The third-order valence-electron chi connectivity index (χ3n) is 5.08. The average molecular weight is 340 g/mol. The molecule has 6 nitrogen and oxygen atoms in total. The molecule has 6 heteroatoms. The predicted molar refractivity (Wildman–Crippen MR) is 92.9 cm³/mol. The van der Waals surface area contributed by atoms with E-state index in [0.717, 1.165) is 12.1 Å². The van der Waals surface area contributed by atoms with E-state index < -0.39 is 5.92 Å². The van der Waals surface area contributed by atoms with E-state index in [-0.39, 0.29) is 28.7 Å². The van der Waals surface area contributed by atoms with Gasteiger partial charge in [0.1, 0.15) is 17.4 Å². The molecule has 25 heavy (non-hydrogen) atoms. The summed E-state index contributed by atoms with van der Waals surface area (Å²) in [6.07, 6.45) is 3.66. The maximum Gasteiger partial charge on any atom is 0.205 e. The minimum Gasteiger partial charge on any atom is -0.444 e. The van der Waals surface area contributed by atoms with Gasteiger partial charge in [-0.1, -0.05) is 20.8 Å². The number of allylic oxidation sites excluding steroid dienone is 3. The normalized spacial score (nSPS) is 23.8. The highest BCUT2D eigenvalue weighted by molar-refractivity contribution is 5.99. The lowest BCUT2D eigenvalue weighted by Gasteiger charge is -2.37. The second kappa shape index (κ2) is 6.07. The number of carbonyl (C=O) groups is 1. The fourth-order valence-corrected chi connectivity index (χ4v) is 3.67. The van der Waals surface area contributed by atoms with Gasteiger partial charge in [0, 0.05) is 30.7 Å². The number of nitrogens with zero attached hydrogens (tertiary/aromatic N) is 3. The van der Waals surface area contributed by atoms with E-state index in [9.17, 15) is 10.1 Å². The number of nitriles is 1. The van der Waals surface area contributed by atoms with Crippen LogP contribution in [0.4, 0.5) is 0 Å². The van der Waals surface area contributed by atoms with Crippen molar-refractivity contribution in [2.45, 2.75) is 58.9 Å². The maximum atomic E-state index is 12.9. The number of ether oxygens (including phenoxy) is 1. The Morgan fingerprint density at radius 3 is 2.88 bits per heavy atom. The van der Waals surface area contributed by atoms with Crippen molar-refractivity contribution in [2.75, 3.05) is 0 Å². The Labute approximate surface area is 147 Å². The Morgan fingerprint density at radius 1 is 1.52 bits per heavy atom. The molecule has 2 aliphatic rings. The minimum atomic E-state index is -0.506. The molecule has 0 unspecified atom stereocenters. The standard InChI is InChI=1S/C19H24N4O2/c1-5-11(2)23-13(6-7-22-23)16-12(10-20)18(21)25-15-9-19(3,4)8-14(24)17(15)16/h6-7,11,16H,5,8-9,21H2,1-4H3/t11-,16+/m1/s1. The maximum absolute atomic E-state index is 12.9. The third-order valence-corrected chi connectivity index (χ3v) is 5.08. The molecule has 1 aromatic rings. The molecular weight excluding hydrogens is 316 g/mol. The van der Waals surface area contributed by atoms with E-state index in [1.807, 2.05) is 24.6 Å². The van der Waals surface area contributed by atoms with Crippen molar-refractivity contribution >= 4 is 5.78 Å². The van der Waals surface area contributed by atoms with Crippen LogP contribution in [0, 0.1) is 16.7 Å². The van der Waals surface area contributed by atoms with Crippen molar-refractivity contribution < 1.29 is 9.53 Å². The van der Waals surface area contributed by atoms with Crippen LogP contribution in [0.25, 0.3) is 0 Å². The molecule has 2 N–H and O–H groups in total. The van der Waals surface area contributed by atoms with Crippen LogP contribution in [-0.2, 0) is 9.53 Å². The highest BCUT2D eigenvalue weighted by atomic mass is 16.5. The molecule has 0 bridgehead atoms. The lowest BCUT2D eigenvalue weighted by atomic mass is 9.71.